The number of nitrogens with one attached hydrogen (secondary N) is 1. The van der Waals surface area contributed by atoms with Crippen molar-refractivity contribution in [2.75, 3.05) is 27.7 Å². The predicted octanol–water partition coefficient (Wildman–Crippen LogP) is 1.80. The van der Waals surface area contributed by atoms with Gasteiger partial charge in [0, 0.05) is 17.5 Å². The number of rotatable bonds is 2. The van der Waals surface area contributed by atoms with Crippen molar-refractivity contribution in [3.05, 3.63) is 29.3 Å². The van der Waals surface area contributed by atoms with Crippen molar-refractivity contribution >= 4 is 0 Å². The van der Waals surface area contributed by atoms with Crippen LogP contribution >= 0.6 is 0 Å². The first-order valence-corrected chi connectivity index (χ1v) is 7.15. The summed E-state index contributed by atoms with van der Waals surface area (Å²) in [6, 6.07) is 7.72. The van der Waals surface area contributed by atoms with E-state index in [2.05, 4.69) is 49.4 Å². The van der Waals surface area contributed by atoms with Crippen molar-refractivity contribution in [2.45, 2.75) is 37.3 Å². The van der Waals surface area contributed by atoms with E-state index >= 15 is 0 Å². The minimum Gasteiger partial charge on any atom is -0.497 e. The monoisotopic (exact) mass is 260 g/mol. The zero-order valence-corrected chi connectivity index (χ0v) is 12.4. The summed E-state index contributed by atoms with van der Waals surface area (Å²) in [5, 5.41) is 3.57. The van der Waals surface area contributed by atoms with Gasteiger partial charge in [-0.3, -0.25) is 0 Å². The summed E-state index contributed by atoms with van der Waals surface area (Å²) in [7, 11) is 6.10. The molecule has 104 valence electrons. The summed E-state index contributed by atoms with van der Waals surface area (Å²) in [6.45, 7) is 3.58. The Hall–Kier alpha value is -1.06. The summed E-state index contributed by atoms with van der Waals surface area (Å²) in [5.41, 5.74) is 3.19. The quantitative estimate of drug-likeness (QED) is 0.877. The number of likely N-dealkylation sites (N-methyl/N-ethyl adjacent to an activating group) is 2. The summed E-state index contributed by atoms with van der Waals surface area (Å²) < 4.78 is 5.42. The molecule has 3 atom stereocenters. The fraction of sp³-hybridized carbons (Fsp3) is 0.625. The number of nitrogens with zero attached hydrogens (tertiary/aromatic N) is 1. The fourth-order valence-corrected chi connectivity index (χ4v) is 4.11. The fourth-order valence-electron chi connectivity index (χ4n) is 4.11. The summed E-state index contributed by atoms with van der Waals surface area (Å²) >= 11 is 0. The molecule has 19 heavy (non-hydrogen) atoms. The van der Waals surface area contributed by atoms with E-state index in [1.54, 1.807) is 7.11 Å². The molecule has 0 spiro atoms. The maximum atomic E-state index is 5.42. The van der Waals surface area contributed by atoms with Gasteiger partial charge in [0.15, 0.2) is 0 Å². The van der Waals surface area contributed by atoms with Crippen LogP contribution < -0.4 is 10.1 Å². The summed E-state index contributed by atoms with van der Waals surface area (Å²) in [4.78, 5) is 2.51. The maximum Gasteiger partial charge on any atom is 0.119 e. The van der Waals surface area contributed by atoms with Crippen LogP contribution in [0.5, 0.6) is 5.75 Å². The Bertz CT molecular complexity index is 488. The molecule has 1 heterocycles. The zero-order chi connectivity index (χ0) is 13.6. The molecule has 0 saturated carbocycles. The van der Waals surface area contributed by atoms with Crippen molar-refractivity contribution in [3.8, 4) is 5.75 Å². The molecular formula is C16H24N2O. The van der Waals surface area contributed by atoms with Crippen LogP contribution in [-0.4, -0.2) is 44.7 Å². The Morgan fingerprint density at radius 1 is 1.42 bits per heavy atom. The molecule has 2 bridgehead atoms. The van der Waals surface area contributed by atoms with E-state index in [9.17, 15) is 0 Å². The van der Waals surface area contributed by atoms with Crippen LogP contribution in [0.3, 0.4) is 0 Å². The van der Waals surface area contributed by atoms with E-state index in [4.69, 9.17) is 4.74 Å². The van der Waals surface area contributed by atoms with Gasteiger partial charge in [0.1, 0.15) is 5.75 Å². The van der Waals surface area contributed by atoms with Gasteiger partial charge in [-0.25, -0.2) is 0 Å². The predicted molar refractivity (Wildman–Crippen MR) is 77.9 cm³/mol. The highest BCUT2D eigenvalue weighted by atomic mass is 16.5. The highest BCUT2D eigenvalue weighted by molar-refractivity contribution is 5.45. The van der Waals surface area contributed by atoms with Crippen molar-refractivity contribution in [3.63, 3.8) is 0 Å². The molecule has 3 heteroatoms. The van der Waals surface area contributed by atoms with E-state index < -0.39 is 0 Å². The number of hydrogen-bond donors (Lipinski definition) is 1. The van der Waals surface area contributed by atoms with E-state index in [1.807, 2.05) is 0 Å². The molecule has 1 aliphatic heterocycles. The minimum atomic E-state index is 0.216. The first-order valence-electron chi connectivity index (χ1n) is 7.15. The van der Waals surface area contributed by atoms with Crippen LogP contribution in [0.25, 0.3) is 0 Å². The first kappa shape index (κ1) is 12.9. The summed E-state index contributed by atoms with van der Waals surface area (Å²) in [5.74, 6) is 0.979. The van der Waals surface area contributed by atoms with Crippen LogP contribution in [0.2, 0.25) is 0 Å². The second-order valence-electron chi connectivity index (χ2n) is 6.21. The molecule has 1 aliphatic carbocycles. The SMILES string of the molecule is CNC1[C@H]2Cc3ccc(OC)cc3[C@@]1(C)CCN2C. The maximum absolute atomic E-state index is 5.42. The molecule has 2 aliphatic rings. The van der Waals surface area contributed by atoms with Crippen molar-refractivity contribution < 1.29 is 4.74 Å². The molecule has 1 N–H and O–H groups in total. The Labute approximate surface area is 115 Å². The van der Waals surface area contributed by atoms with Crippen molar-refractivity contribution in [1.82, 2.24) is 10.2 Å². The topological polar surface area (TPSA) is 24.5 Å². The lowest BCUT2D eigenvalue weighted by Crippen LogP contribution is -2.65. The van der Waals surface area contributed by atoms with Gasteiger partial charge < -0.3 is 15.0 Å². The number of hydrogen-bond acceptors (Lipinski definition) is 3. The minimum absolute atomic E-state index is 0.216. The molecule has 3 rings (SSSR count). The van der Waals surface area contributed by atoms with Crippen LogP contribution in [-0.2, 0) is 11.8 Å². The lowest BCUT2D eigenvalue weighted by molar-refractivity contribution is 0.0701. The second-order valence-corrected chi connectivity index (χ2v) is 6.21. The average molecular weight is 260 g/mol. The van der Waals surface area contributed by atoms with Gasteiger partial charge in [-0.05, 0) is 56.7 Å². The molecule has 1 aromatic carbocycles. The number of likely N-dealkylation sites (tertiary alicyclic amines) is 1. The summed E-state index contributed by atoms with van der Waals surface area (Å²) in [6.07, 6.45) is 2.34. The molecular weight excluding hydrogens is 236 g/mol. The highest BCUT2D eigenvalue weighted by Crippen LogP contribution is 2.45. The van der Waals surface area contributed by atoms with Gasteiger partial charge in [-0.2, -0.15) is 0 Å². The molecule has 1 aromatic rings. The van der Waals surface area contributed by atoms with E-state index in [0.29, 0.717) is 12.1 Å². The van der Waals surface area contributed by atoms with Crippen molar-refractivity contribution in [1.29, 1.82) is 0 Å². The Morgan fingerprint density at radius 2 is 2.21 bits per heavy atom. The number of methoxy groups -OCH3 is 1. The molecule has 3 nitrogen and oxygen atoms in total. The number of piperidine rings is 1. The Morgan fingerprint density at radius 3 is 2.89 bits per heavy atom. The average Bonchev–Trinajstić information content (AvgIpc) is 2.43. The lowest BCUT2D eigenvalue weighted by atomic mass is 9.62. The van der Waals surface area contributed by atoms with E-state index in [0.717, 1.165) is 12.2 Å². The second kappa shape index (κ2) is 4.50. The van der Waals surface area contributed by atoms with Gasteiger partial charge in [0.25, 0.3) is 0 Å². The third-order valence-electron chi connectivity index (χ3n) is 5.29. The molecule has 0 radical (unpaired) electrons. The van der Waals surface area contributed by atoms with E-state index in [-0.39, 0.29) is 5.41 Å². The Balaban J connectivity index is 2.13. The van der Waals surface area contributed by atoms with Gasteiger partial charge >= 0.3 is 0 Å². The third kappa shape index (κ3) is 1.79. The molecule has 1 unspecified atom stereocenters. The largest absolute Gasteiger partial charge is 0.497 e. The highest BCUT2D eigenvalue weighted by Gasteiger charge is 2.49. The lowest BCUT2D eigenvalue weighted by Gasteiger charge is -2.54. The first-order chi connectivity index (χ1) is 9.10. The van der Waals surface area contributed by atoms with Crippen LogP contribution in [0, 0.1) is 0 Å². The van der Waals surface area contributed by atoms with Crippen molar-refractivity contribution in [2.24, 2.45) is 0 Å². The number of ether oxygens (including phenoxy) is 1. The zero-order valence-electron chi connectivity index (χ0n) is 12.4. The molecule has 0 aromatic heterocycles. The van der Waals surface area contributed by atoms with Crippen LogP contribution in [0.15, 0.2) is 18.2 Å². The number of fused-ring (bicyclic) bond motifs is 4. The Kier molecular flexibility index (Phi) is 3.06. The van der Waals surface area contributed by atoms with Crippen LogP contribution in [0.4, 0.5) is 0 Å². The van der Waals surface area contributed by atoms with Crippen LogP contribution in [0.1, 0.15) is 24.5 Å². The van der Waals surface area contributed by atoms with Gasteiger partial charge in [0.2, 0.25) is 0 Å². The third-order valence-corrected chi connectivity index (χ3v) is 5.29. The molecule has 1 saturated heterocycles. The van der Waals surface area contributed by atoms with Gasteiger partial charge in [-0.15, -0.1) is 0 Å². The normalized spacial score (nSPS) is 33.9. The molecule has 1 fully saturated rings. The van der Waals surface area contributed by atoms with Gasteiger partial charge in [0.05, 0.1) is 7.11 Å². The smallest absolute Gasteiger partial charge is 0.119 e. The standard InChI is InChI=1S/C16H24N2O/c1-16-7-8-18(3)14(15(16)17-2)9-11-5-6-12(19-4)10-13(11)16/h5-6,10,14-15,17H,7-9H2,1-4H3/t14-,15?,16-/m1/s1. The molecule has 0 amide bonds. The van der Waals surface area contributed by atoms with Gasteiger partial charge in [-0.1, -0.05) is 13.0 Å². The van der Waals surface area contributed by atoms with E-state index in [1.165, 1.54) is 24.1 Å². The number of benzene rings is 1.